The van der Waals surface area contributed by atoms with E-state index >= 15 is 0 Å². The Morgan fingerprint density at radius 2 is 2.36 bits per heavy atom. The zero-order valence-electron chi connectivity index (χ0n) is 6.31. The summed E-state index contributed by atoms with van der Waals surface area (Å²) in [6.07, 6.45) is 1.00. The minimum atomic E-state index is 0.521. The van der Waals surface area contributed by atoms with E-state index in [4.69, 9.17) is 23.2 Å². The fourth-order valence-electron chi connectivity index (χ4n) is 0.842. The van der Waals surface area contributed by atoms with Gasteiger partial charge in [0.15, 0.2) is 0 Å². The molecule has 0 aliphatic carbocycles. The Bertz CT molecular complexity index is 220. The van der Waals surface area contributed by atoms with Gasteiger partial charge in [-0.15, -0.1) is 22.9 Å². The van der Waals surface area contributed by atoms with Crippen molar-refractivity contribution in [3.63, 3.8) is 0 Å². The minimum absolute atomic E-state index is 0.521. The van der Waals surface area contributed by atoms with Crippen molar-refractivity contribution in [3.8, 4) is 0 Å². The van der Waals surface area contributed by atoms with Crippen molar-refractivity contribution in [2.45, 2.75) is 13.3 Å². The van der Waals surface area contributed by atoms with Gasteiger partial charge in [0.2, 0.25) is 0 Å². The first-order chi connectivity index (χ1) is 5.24. The Kier molecular flexibility index (Phi) is 3.70. The van der Waals surface area contributed by atoms with E-state index in [1.54, 1.807) is 11.3 Å². The van der Waals surface area contributed by atoms with Gasteiger partial charge in [-0.25, -0.2) is 0 Å². The molecule has 3 heteroatoms. The van der Waals surface area contributed by atoms with Crippen molar-refractivity contribution >= 4 is 34.5 Å². The van der Waals surface area contributed by atoms with E-state index in [1.807, 2.05) is 11.4 Å². The number of halogens is 2. The Morgan fingerprint density at radius 1 is 1.64 bits per heavy atom. The summed E-state index contributed by atoms with van der Waals surface area (Å²) in [6.45, 7) is 2.13. The minimum Gasteiger partial charge on any atom is -0.147 e. The zero-order chi connectivity index (χ0) is 8.27. The summed E-state index contributed by atoms with van der Waals surface area (Å²) < 4.78 is 0. The van der Waals surface area contributed by atoms with E-state index in [2.05, 4.69) is 6.92 Å². The highest BCUT2D eigenvalue weighted by Crippen LogP contribution is 2.24. The maximum absolute atomic E-state index is 5.91. The van der Waals surface area contributed by atoms with Gasteiger partial charge in [0.25, 0.3) is 0 Å². The lowest BCUT2D eigenvalue weighted by atomic mass is 10.1. The molecule has 0 nitrogen and oxygen atoms in total. The molecule has 0 aliphatic heterocycles. The van der Waals surface area contributed by atoms with Crippen molar-refractivity contribution in [1.82, 2.24) is 0 Å². The summed E-state index contributed by atoms with van der Waals surface area (Å²) >= 11 is 13.3. The predicted molar refractivity (Wildman–Crippen MR) is 52.9 cm³/mol. The molecule has 1 aromatic heterocycles. The van der Waals surface area contributed by atoms with Crippen LogP contribution in [0.25, 0.3) is 0 Å². The van der Waals surface area contributed by atoms with Crippen LogP contribution < -0.4 is 0 Å². The summed E-state index contributed by atoms with van der Waals surface area (Å²) in [5.74, 6) is 1.22. The molecular formula is C8H10Cl2S. The molecule has 62 valence electrons. The van der Waals surface area contributed by atoms with Gasteiger partial charge in [0, 0.05) is 10.8 Å². The summed E-state index contributed by atoms with van der Waals surface area (Å²) in [5.41, 5.74) is 0. The summed E-state index contributed by atoms with van der Waals surface area (Å²) in [4.78, 5) is 1.25. The third kappa shape index (κ3) is 2.66. The molecule has 0 bridgehead atoms. The van der Waals surface area contributed by atoms with Crippen LogP contribution in [0.1, 0.15) is 11.8 Å². The van der Waals surface area contributed by atoms with Gasteiger partial charge in [-0.2, -0.15) is 0 Å². The fraction of sp³-hybridized carbons (Fsp3) is 0.500. The quantitative estimate of drug-likeness (QED) is 0.664. The van der Waals surface area contributed by atoms with Crippen LogP contribution >= 0.6 is 34.5 Å². The standard InChI is InChI=1S/C8H10Cl2S/c1-6(5-9)4-8-7(10)2-3-11-8/h2-3,6H,4-5H2,1H3. The molecule has 0 N–H and O–H groups in total. The van der Waals surface area contributed by atoms with Gasteiger partial charge in [-0.3, -0.25) is 0 Å². The maximum atomic E-state index is 5.91. The molecule has 0 fully saturated rings. The fourth-order valence-corrected chi connectivity index (χ4v) is 2.23. The van der Waals surface area contributed by atoms with Gasteiger partial charge in [-0.1, -0.05) is 18.5 Å². The Morgan fingerprint density at radius 3 is 2.82 bits per heavy atom. The molecule has 0 saturated heterocycles. The first kappa shape index (κ1) is 9.37. The lowest BCUT2D eigenvalue weighted by Gasteiger charge is -2.04. The second-order valence-electron chi connectivity index (χ2n) is 2.66. The number of hydrogen-bond donors (Lipinski definition) is 0. The van der Waals surface area contributed by atoms with Crippen LogP contribution in [0, 0.1) is 5.92 Å². The highest BCUT2D eigenvalue weighted by atomic mass is 35.5. The molecule has 0 spiro atoms. The van der Waals surface area contributed by atoms with Crippen LogP contribution in [0.15, 0.2) is 11.4 Å². The molecule has 1 unspecified atom stereocenters. The van der Waals surface area contributed by atoms with Crippen LogP contribution in [0.5, 0.6) is 0 Å². The third-order valence-electron chi connectivity index (χ3n) is 1.49. The number of thiophene rings is 1. The Hall–Kier alpha value is 0.280. The molecule has 1 atom stereocenters. The highest BCUT2D eigenvalue weighted by molar-refractivity contribution is 7.10. The molecular weight excluding hydrogens is 199 g/mol. The van der Waals surface area contributed by atoms with Gasteiger partial charge in [-0.05, 0) is 23.8 Å². The molecule has 11 heavy (non-hydrogen) atoms. The molecule has 0 aliphatic rings. The van der Waals surface area contributed by atoms with Crippen LogP contribution in [0.3, 0.4) is 0 Å². The van der Waals surface area contributed by atoms with Crippen LogP contribution in [0.2, 0.25) is 5.02 Å². The normalized spacial score (nSPS) is 13.4. The van der Waals surface area contributed by atoms with Crippen molar-refractivity contribution in [3.05, 3.63) is 21.3 Å². The first-order valence-electron chi connectivity index (χ1n) is 3.52. The highest BCUT2D eigenvalue weighted by Gasteiger charge is 2.06. The van der Waals surface area contributed by atoms with Gasteiger partial charge in [0.05, 0.1) is 5.02 Å². The van der Waals surface area contributed by atoms with E-state index in [9.17, 15) is 0 Å². The van der Waals surface area contributed by atoms with E-state index in [0.29, 0.717) is 11.8 Å². The average Bonchev–Trinajstić information content (AvgIpc) is 2.37. The Labute approximate surface area is 81.1 Å². The van der Waals surface area contributed by atoms with Crippen LogP contribution in [-0.2, 0) is 6.42 Å². The van der Waals surface area contributed by atoms with E-state index in [0.717, 1.165) is 11.4 Å². The maximum Gasteiger partial charge on any atom is 0.0545 e. The largest absolute Gasteiger partial charge is 0.147 e. The molecule has 0 radical (unpaired) electrons. The predicted octanol–water partition coefficient (Wildman–Crippen LogP) is 3.82. The number of hydrogen-bond acceptors (Lipinski definition) is 1. The van der Waals surface area contributed by atoms with Gasteiger partial charge < -0.3 is 0 Å². The van der Waals surface area contributed by atoms with Crippen LogP contribution in [-0.4, -0.2) is 5.88 Å². The van der Waals surface area contributed by atoms with Crippen molar-refractivity contribution in [2.24, 2.45) is 5.92 Å². The van der Waals surface area contributed by atoms with Crippen molar-refractivity contribution in [1.29, 1.82) is 0 Å². The van der Waals surface area contributed by atoms with E-state index in [-0.39, 0.29) is 0 Å². The summed E-state index contributed by atoms with van der Waals surface area (Å²) in [7, 11) is 0. The van der Waals surface area contributed by atoms with Crippen molar-refractivity contribution < 1.29 is 0 Å². The first-order valence-corrected chi connectivity index (χ1v) is 5.31. The Balaban J connectivity index is 2.56. The van der Waals surface area contributed by atoms with Crippen LogP contribution in [0.4, 0.5) is 0 Å². The molecule has 1 rings (SSSR count). The number of alkyl halides is 1. The smallest absolute Gasteiger partial charge is 0.0545 e. The molecule has 1 heterocycles. The molecule has 0 amide bonds. The van der Waals surface area contributed by atoms with Gasteiger partial charge >= 0.3 is 0 Å². The molecule has 0 saturated carbocycles. The molecule has 1 aromatic rings. The monoisotopic (exact) mass is 208 g/mol. The lowest BCUT2D eigenvalue weighted by Crippen LogP contribution is -1.99. The van der Waals surface area contributed by atoms with E-state index in [1.165, 1.54) is 4.88 Å². The van der Waals surface area contributed by atoms with Gasteiger partial charge in [0.1, 0.15) is 0 Å². The summed E-state index contributed by atoms with van der Waals surface area (Å²) in [5, 5.41) is 2.89. The SMILES string of the molecule is CC(CCl)Cc1sccc1Cl. The topological polar surface area (TPSA) is 0 Å². The van der Waals surface area contributed by atoms with Crippen molar-refractivity contribution in [2.75, 3.05) is 5.88 Å². The second kappa shape index (κ2) is 4.34. The second-order valence-corrected chi connectivity index (χ2v) is 4.37. The average molecular weight is 209 g/mol. The zero-order valence-corrected chi connectivity index (χ0v) is 8.64. The number of rotatable bonds is 3. The third-order valence-corrected chi connectivity index (χ3v) is 3.42. The van der Waals surface area contributed by atoms with E-state index < -0.39 is 0 Å². The molecule has 0 aromatic carbocycles. The summed E-state index contributed by atoms with van der Waals surface area (Å²) in [6, 6.07) is 1.93. The lowest BCUT2D eigenvalue weighted by molar-refractivity contribution is 0.662.